The van der Waals surface area contributed by atoms with Crippen LogP contribution < -0.4 is 10.6 Å². The molecule has 1 aromatic rings. The normalized spacial score (nSPS) is 26.1. The third-order valence-electron chi connectivity index (χ3n) is 3.72. The average Bonchev–Trinajstić information content (AvgIpc) is 3.10. The smallest absolute Gasteiger partial charge is 0.238 e. The molecule has 2 aliphatic rings. The Morgan fingerprint density at radius 1 is 1.57 bits per heavy atom. The lowest BCUT2D eigenvalue weighted by atomic mass is 10.2. The molecule has 7 heteroatoms. The minimum Gasteiger partial charge on any atom is -0.336 e. The molecule has 2 N–H and O–H groups in total. The highest BCUT2D eigenvalue weighted by Crippen LogP contribution is 2.35. The van der Waals surface area contributed by atoms with Gasteiger partial charge in [0, 0.05) is 18.0 Å². The summed E-state index contributed by atoms with van der Waals surface area (Å²) in [7, 11) is 0. The Labute approximate surface area is 132 Å². The van der Waals surface area contributed by atoms with E-state index in [-0.39, 0.29) is 11.9 Å². The van der Waals surface area contributed by atoms with E-state index in [1.165, 1.54) is 0 Å². The molecular weight excluding hydrogens is 308 g/mol. The largest absolute Gasteiger partial charge is 0.336 e. The Balaban J connectivity index is 1.52. The number of aromatic nitrogens is 1. The molecule has 1 aromatic heterocycles. The first-order valence-corrected chi connectivity index (χ1v) is 8.11. The predicted octanol–water partition coefficient (Wildman–Crippen LogP) is 1.73. The van der Waals surface area contributed by atoms with Gasteiger partial charge in [-0.15, -0.1) is 11.8 Å². The van der Waals surface area contributed by atoms with Crippen LogP contribution >= 0.6 is 23.4 Å². The number of nitriles is 1. The number of carbonyl (C=O) groups is 1. The maximum absolute atomic E-state index is 12.1. The fraction of sp³-hybridized carbons (Fsp3) is 0.500. The number of nitrogens with zero attached hydrogens (tertiary/aromatic N) is 2. The molecule has 2 atom stereocenters. The van der Waals surface area contributed by atoms with Gasteiger partial charge in [-0.25, -0.2) is 4.98 Å². The number of hydrogen-bond donors (Lipinski definition) is 2. The number of amides is 1. The van der Waals surface area contributed by atoms with Crippen molar-refractivity contribution in [2.24, 2.45) is 0 Å². The summed E-state index contributed by atoms with van der Waals surface area (Å²) >= 11 is 7.45. The number of thioether (sulfide) groups is 1. The van der Waals surface area contributed by atoms with E-state index in [4.69, 9.17) is 16.9 Å². The van der Waals surface area contributed by atoms with Crippen LogP contribution in [0.5, 0.6) is 0 Å². The van der Waals surface area contributed by atoms with Crippen LogP contribution in [0.4, 0.5) is 0 Å². The molecule has 1 saturated heterocycles. The standard InChI is InChI=1S/C14H15ClN4OS/c15-9-1-2-12(18-6-9)21-10-5-11(17-7-10)13(20)19-14(8-16)3-4-14/h1-2,6,10-11,17H,3-5,7H2,(H,19,20). The second-order valence-electron chi connectivity index (χ2n) is 5.43. The molecule has 1 aliphatic heterocycles. The van der Waals surface area contributed by atoms with Crippen molar-refractivity contribution in [3.8, 4) is 6.07 Å². The van der Waals surface area contributed by atoms with Gasteiger partial charge in [0.15, 0.2) is 0 Å². The van der Waals surface area contributed by atoms with E-state index in [1.807, 2.05) is 12.1 Å². The number of hydrogen-bond acceptors (Lipinski definition) is 5. The molecule has 21 heavy (non-hydrogen) atoms. The Bertz CT molecular complexity index is 582. The lowest BCUT2D eigenvalue weighted by molar-refractivity contribution is -0.123. The number of pyridine rings is 1. The van der Waals surface area contributed by atoms with Crippen molar-refractivity contribution < 1.29 is 4.79 Å². The molecule has 2 heterocycles. The molecule has 5 nitrogen and oxygen atoms in total. The van der Waals surface area contributed by atoms with Crippen molar-refractivity contribution in [2.75, 3.05) is 6.54 Å². The van der Waals surface area contributed by atoms with E-state index in [9.17, 15) is 4.79 Å². The average molecular weight is 323 g/mol. The molecule has 1 aliphatic carbocycles. The van der Waals surface area contributed by atoms with E-state index < -0.39 is 5.54 Å². The summed E-state index contributed by atoms with van der Waals surface area (Å²) in [5.74, 6) is -0.0683. The Hall–Kier alpha value is -1.29. The highest BCUT2D eigenvalue weighted by molar-refractivity contribution is 7.99. The van der Waals surface area contributed by atoms with Gasteiger partial charge in [0.2, 0.25) is 5.91 Å². The van der Waals surface area contributed by atoms with Crippen molar-refractivity contribution >= 4 is 29.3 Å². The van der Waals surface area contributed by atoms with Gasteiger partial charge in [0.1, 0.15) is 5.54 Å². The first-order valence-electron chi connectivity index (χ1n) is 6.85. The van der Waals surface area contributed by atoms with Gasteiger partial charge < -0.3 is 10.6 Å². The summed E-state index contributed by atoms with van der Waals surface area (Å²) in [6.45, 7) is 0.757. The zero-order chi connectivity index (χ0) is 14.9. The van der Waals surface area contributed by atoms with E-state index >= 15 is 0 Å². The van der Waals surface area contributed by atoms with E-state index in [1.54, 1.807) is 18.0 Å². The molecule has 0 aromatic carbocycles. The van der Waals surface area contributed by atoms with Crippen molar-refractivity contribution in [1.29, 1.82) is 5.26 Å². The van der Waals surface area contributed by atoms with Gasteiger partial charge in [-0.1, -0.05) is 11.6 Å². The van der Waals surface area contributed by atoms with Crippen LogP contribution in [-0.2, 0) is 4.79 Å². The third kappa shape index (κ3) is 3.49. The van der Waals surface area contributed by atoms with Gasteiger partial charge in [0.05, 0.1) is 22.2 Å². The fourth-order valence-corrected chi connectivity index (χ4v) is 3.49. The van der Waals surface area contributed by atoms with Crippen LogP contribution in [0, 0.1) is 11.3 Å². The lowest BCUT2D eigenvalue weighted by Gasteiger charge is -2.14. The topological polar surface area (TPSA) is 77.8 Å². The lowest BCUT2D eigenvalue weighted by Crippen LogP contribution is -2.45. The molecular formula is C14H15ClN4OS. The summed E-state index contributed by atoms with van der Waals surface area (Å²) in [6, 6.07) is 5.65. The molecule has 1 saturated carbocycles. The third-order valence-corrected chi connectivity index (χ3v) is 5.12. The number of carbonyl (C=O) groups excluding carboxylic acids is 1. The van der Waals surface area contributed by atoms with Crippen LogP contribution in [0.3, 0.4) is 0 Å². The maximum atomic E-state index is 12.1. The fourth-order valence-electron chi connectivity index (χ4n) is 2.31. The van der Waals surface area contributed by atoms with Crippen LogP contribution in [0.1, 0.15) is 19.3 Å². The summed E-state index contributed by atoms with van der Waals surface area (Å²) in [6.07, 6.45) is 3.88. The summed E-state index contributed by atoms with van der Waals surface area (Å²) in [4.78, 5) is 16.4. The van der Waals surface area contributed by atoms with Crippen LogP contribution in [0.15, 0.2) is 23.4 Å². The van der Waals surface area contributed by atoms with Crippen LogP contribution in [-0.4, -0.2) is 34.3 Å². The monoisotopic (exact) mass is 322 g/mol. The van der Waals surface area contributed by atoms with Gasteiger partial charge in [0.25, 0.3) is 0 Å². The molecule has 0 bridgehead atoms. The van der Waals surface area contributed by atoms with Gasteiger partial charge in [-0.3, -0.25) is 4.79 Å². The molecule has 2 unspecified atom stereocenters. The SMILES string of the molecule is N#CC1(NC(=O)C2CC(Sc3ccc(Cl)cn3)CN2)CC1. The summed E-state index contributed by atoms with van der Waals surface area (Å²) in [5, 5.41) is 16.9. The molecule has 0 radical (unpaired) electrons. The first kappa shape index (κ1) is 14.6. The second-order valence-corrected chi connectivity index (χ2v) is 7.19. The minimum absolute atomic E-state index is 0.0683. The quantitative estimate of drug-likeness (QED) is 0.882. The van der Waals surface area contributed by atoms with E-state index in [2.05, 4.69) is 21.7 Å². The predicted molar refractivity (Wildman–Crippen MR) is 81.0 cm³/mol. The van der Waals surface area contributed by atoms with Crippen molar-refractivity contribution in [3.05, 3.63) is 23.4 Å². The van der Waals surface area contributed by atoms with Crippen molar-refractivity contribution in [3.63, 3.8) is 0 Å². The van der Waals surface area contributed by atoms with Crippen molar-refractivity contribution in [2.45, 2.75) is 41.1 Å². The van der Waals surface area contributed by atoms with Gasteiger partial charge in [-0.2, -0.15) is 5.26 Å². The maximum Gasteiger partial charge on any atom is 0.238 e. The Kier molecular flexibility index (Phi) is 4.07. The highest BCUT2D eigenvalue weighted by Gasteiger charge is 2.46. The van der Waals surface area contributed by atoms with Crippen molar-refractivity contribution in [1.82, 2.24) is 15.6 Å². The summed E-state index contributed by atoms with van der Waals surface area (Å²) in [5.41, 5.74) is -0.596. The van der Waals surface area contributed by atoms with E-state index in [0.717, 1.165) is 30.8 Å². The number of rotatable bonds is 4. The van der Waals surface area contributed by atoms with Gasteiger partial charge >= 0.3 is 0 Å². The van der Waals surface area contributed by atoms with Crippen LogP contribution in [0.2, 0.25) is 5.02 Å². The van der Waals surface area contributed by atoms with E-state index in [0.29, 0.717) is 10.3 Å². The molecule has 0 spiro atoms. The Morgan fingerprint density at radius 3 is 3.00 bits per heavy atom. The highest BCUT2D eigenvalue weighted by atomic mass is 35.5. The molecule has 2 fully saturated rings. The zero-order valence-corrected chi connectivity index (χ0v) is 12.9. The minimum atomic E-state index is -0.596. The first-order chi connectivity index (χ1) is 10.1. The zero-order valence-electron chi connectivity index (χ0n) is 11.3. The summed E-state index contributed by atoms with van der Waals surface area (Å²) < 4.78 is 0. The number of nitrogens with one attached hydrogen (secondary N) is 2. The molecule has 3 rings (SSSR count). The second kappa shape index (κ2) is 5.84. The Morgan fingerprint density at radius 2 is 2.38 bits per heavy atom. The van der Waals surface area contributed by atoms with Gasteiger partial charge in [-0.05, 0) is 31.4 Å². The number of halogens is 1. The molecule has 110 valence electrons. The molecule has 1 amide bonds. The van der Waals surface area contributed by atoms with Crippen LogP contribution in [0.25, 0.3) is 0 Å².